The summed E-state index contributed by atoms with van der Waals surface area (Å²) in [5.74, 6) is 0.675. The fourth-order valence-corrected chi connectivity index (χ4v) is 4.82. The summed E-state index contributed by atoms with van der Waals surface area (Å²) in [7, 11) is 1.67. The maximum Gasteiger partial charge on any atom is 0.221 e. The van der Waals surface area contributed by atoms with Gasteiger partial charge in [0.25, 0.3) is 0 Å². The number of rotatable bonds is 6. The van der Waals surface area contributed by atoms with E-state index in [2.05, 4.69) is 37.2 Å². The van der Waals surface area contributed by atoms with Crippen molar-refractivity contribution in [3.8, 4) is 11.4 Å². The third-order valence-electron chi connectivity index (χ3n) is 5.98. The van der Waals surface area contributed by atoms with Crippen LogP contribution >= 0.6 is 12.2 Å². The second-order valence-electron chi connectivity index (χ2n) is 8.23. The molecule has 0 aliphatic carbocycles. The standard InChI is InChI=1S/C27H25N5O2S/c1-18(33)29-19-11-13-20(14-12-19)32-26(25(30-27(32)35)23-9-3-4-15-28-23)24-10-6-16-31(24)21-7-5-8-22(17-21)34-2/h3-17,25-26H,1-2H3,(H,29,33)(H,30,35)/t25-,26-/m0/s1. The Kier molecular flexibility index (Phi) is 6.20. The number of thiocarbonyl (C=S) groups is 1. The molecule has 0 spiro atoms. The lowest BCUT2D eigenvalue weighted by molar-refractivity contribution is -0.114. The lowest BCUT2D eigenvalue weighted by Crippen LogP contribution is -2.30. The number of methoxy groups -OCH3 is 1. The van der Waals surface area contributed by atoms with Gasteiger partial charge in [-0.3, -0.25) is 9.78 Å². The highest BCUT2D eigenvalue weighted by Gasteiger charge is 2.42. The summed E-state index contributed by atoms with van der Waals surface area (Å²) in [6.07, 6.45) is 3.84. The number of aromatic nitrogens is 2. The van der Waals surface area contributed by atoms with Crippen LogP contribution in [-0.4, -0.2) is 27.7 Å². The Bertz CT molecular complexity index is 1350. The maximum atomic E-state index is 11.5. The normalized spacial score (nSPS) is 17.2. The zero-order valence-corrected chi connectivity index (χ0v) is 20.2. The molecule has 4 aromatic rings. The molecule has 1 aliphatic heterocycles. The van der Waals surface area contributed by atoms with Crippen molar-refractivity contribution in [2.45, 2.75) is 19.0 Å². The van der Waals surface area contributed by atoms with Gasteiger partial charge >= 0.3 is 0 Å². The number of amides is 1. The molecule has 0 unspecified atom stereocenters. The van der Waals surface area contributed by atoms with E-state index in [-0.39, 0.29) is 18.0 Å². The average Bonchev–Trinajstić information content (AvgIpc) is 3.49. The van der Waals surface area contributed by atoms with Gasteiger partial charge < -0.3 is 24.8 Å². The number of nitrogens with one attached hydrogen (secondary N) is 2. The summed E-state index contributed by atoms with van der Waals surface area (Å²) in [4.78, 5) is 18.2. The average molecular weight is 484 g/mol. The predicted octanol–water partition coefficient (Wildman–Crippen LogP) is 5.02. The van der Waals surface area contributed by atoms with Crippen molar-refractivity contribution in [2.75, 3.05) is 17.3 Å². The van der Waals surface area contributed by atoms with E-state index in [0.717, 1.165) is 34.2 Å². The van der Waals surface area contributed by atoms with Crippen LogP contribution in [0.4, 0.5) is 11.4 Å². The number of ether oxygens (including phenoxy) is 1. The van der Waals surface area contributed by atoms with Crippen molar-refractivity contribution < 1.29 is 9.53 Å². The van der Waals surface area contributed by atoms with Crippen LogP contribution in [0, 0.1) is 0 Å². The first kappa shape index (κ1) is 22.6. The summed E-state index contributed by atoms with van der Waals surface area (Å²) in [6.45, 7) is 1.49. The SMILES string of the molecule is COc1cccc(-n2cccc2[C@H]2[C@H](c3ccccn3)NC(=S)N2c2ccc(NC(C)=O)cc2)c1. The van der Waals surface area contributed by atoms with E-state index in [1.807, 2.05) is 72.9 Å². The number of carbonyl (C=O) groups excluding carboxylic acids is 1. The van der Waals surface area contributed by atoms with Crippen molar-refractivity contribution in [1.29, 1.82) is 0 Å². The van der Waals surface area contributed by atoms with Crippen molar-refractivity contribution in [2.24, 2.45) is 0 Å². The molecule has 8 heteroatoms. The molecular formula is C27H25N5O2S. The van der Waals surface area contributed by atoms with Gasteiger partial charge in [-0.2, -0.15) is 0 Å². The molecule has 35 heavy (non-hydrogen) atoms. The molecule has 1 fully saturated rings. The van der Waals surface area contributed by atoms with E-state index in [0.29, 0.717) is 5.11 Å². The highest BCUT2D eigenvalue weighted by Crippen LogP contribution is 2.42. The topological polar surface area (TPSA) is 71.4 Å². The van der Waals surface area contributed by atoms with E-state index >= 15 is 0 Å². The second kappa shape index (κ2) is 9.60. The first-order valence-electron chi connectivity index (χ1n) is 11.2. The van der Waals surface area contributed by atoms with E-state index in [4.69, 9.17) is 17.0 Å². The Morgan fingerprint density at radius 3 is 2.57 bits per heavy atom. The Morgan fingerprint density at radius 2 is 1.86 bits per heavy atom. The Balaban J connectivity index is 1.61. The molecule has 5 rings (SSSR count). The van der Waals surface area contributed by atoms with Crippen LogP contribution in [-0.2, 0) is 4.79 Å². The third kappa shape index (κ3) is 4.48. The fraction of sp³-hybridized carbons (Fsp3) is 0.148. The summed E-state index contributed by atoms with van der Waals surface area (Å²) in [6, 6.07) is 25.3. The van der Waals surface area contributed by atoms with Crippen LogP contribution in [0.5, 0.6) is 5.75 Å². The highest BCUT2D eigenvalue weighted by molar-refractivity contribution is 7.80. The lowest BCUT2D eigenvalue weighted by atomic mass is 10.0. The largest absolute Gasteiger partial charge is 0.497 e. The molecule has 2 aromatic heterocycles. The minimum atomic E-state index is -0.176. The van der Waals surface area contributed by atoms with E-state index in [9.17, 15) is 4.79 Å². The Labute approximate surface area is 209 Å². The summed E-state index contributed by atoms with van der Waals surface area (Å²) >= 11 is 5.84. The molecule has 0 saturated carbocycles. The van der Waals surface area contributed by atoms with Gasteiger partial charge in [-0.25, -0.2) is 0 Å². The molecule has 0 bridgehead atoms. The molecule has 3 heterocycles. The van der Waals surface area contributed by atoms with Gasteiger partial charge in [-0.1, -0.05) is 12.1 Å². The van der Waals surface area contributed by atoms with Crippen molar-refractivity contribution in [3.63, 3.8) is 0 Å². The molecular weight excluding hydrogens is 458 g/mol. The smallest absolute Gasteiger partial charge is 0.221 e. The number of benzene rings is 2. The second-order valence-corrected chi connectivity index (χ2v) is 8.62. The van der Waals surface area contributed by atoms with Crippen molar-refractivity contribution in [1.82, 2.24) is 14.9 Å². The van der Waals surface area contributed by atoms with Gasteiger partial charge in [-0.05, 0) is 72.9 Å². The van der Waals surface area contributed by atoms with Gasteiger partial charge in [-0.15, -0.1) is 0 Å². The Hall–Kier alpha value is -4.17. The molecule has 2 atom stereocenters. The van der Waals surface area contributed by atoms with Crippen LogP contribution in [0.3, 0.4) is 0 Å². The number of nitrogens with zero attached hydrogens (tertiary/aromatic N) is 3. The first-order valence-corrected chi connectivity index (χ1v) is 11.7. The minimum absolute atomic E-state index is 0.111. The molecule has 2 N–H and O–H groups in total. The molecule has 0 radical (unpaired) electrons. The van der Waals surface area contributed by atoms with Gasteiger partial charge in [0.05, 0.1) is 18.8 Å². The quantitative estimate of drug-likeness (QED) is 0.376. The molecule has 1 saturated heterocycles. The maximum absolute atomic E-state index is 11.5. The van der Waals surface area contributed by atoms with Gasteiger partial charge in [0.2, 0.25) is 5.91 Å². The zero-order valence-electron chi connectivity index (χ0n) is 19.4. The number of anilines is 2. The zero-order chi connectivity index (χ0) is 24.4. The van der Waals surface area contributed by atoms with Gasteiger partial charge in [0, 0.05) is 48.1 Å². The molecule has 2 aromatic carbocycles. The van der Waals surface area contributed by atoms with E-state index < -0.39 is 0 Å². The summed E-state index contributed by atoms with van der Waals surface area (Å²) in [5, 5.41) is 6.92. The summed E-state index contributed by atoms with van der Waals surface area (Å²) in [5.41, 5.74) is 4.58. The van der Waals surface area contributed by atoms with Crippen LogP contribution in [0.1, 0.15) is 30.4 Å². The third-order valence-corrected chi connectivity index (χ3v) is 6.29. The van der Waals surface area contributed by atoms with Crippen molar-refractivity contribution >= 4 is 34.6 Å². The van der Waals surface area contributed by atoms with Gasteiger partial charge in [0.15, 0.2) is 5.11 Å². The highest BCUT2D eigenvalue weighted by atomic mass is 32.1. The summed E-state index contributed by atoms with van der Waals surface area (Å²) < 4.78 is 7.61. The predicted molar refractivity (Wildman–Crippen MR) is 141 cm³/mol. The number of hydrogen-bond acceptors (Lipinski definition) is 4. The molecule has 1 amide bonds. The van der Waals surface area contributed by atoms with Gasteiger partial charge in [0.1, 0.15) is 11.8 Å². The molecule has 7 nitrogen and oxygen atoms in total. The van der Waals surface area contributed by atoms with Crippen LogP contribution < -0.4 is 20.3 Å². The number of hydrogen-bond donors (Lipinski definition) is 2. The number of pyridine rings is 1. The van der Waals surface area contributed by atoms with Crippen LogP contribution in [0.25, 0.3) is 5.69 Å². The minimum Gasteiger partial charge on any atom is -0.497 e. The monoisotopic (exact) mass is 483 g/mol. The Morgan fingerprint density at radius 1 is 1.03 bits per heavy atom. The van der Waals surface area contributed by atoms with Crippen LogP contribution in [0.2, 0.25) is 0 Å². The lowest BCUT2D eigenvalue weighted by Gasteiger charge is -2.29. The van der Waals surface area contributed by atoms with E-state index in [1.165, 1.54) is 6.92 Å². The van der Waals surface area contributed by atoms with E-state index in [1.54, 1.807) is 13.3 Å². The molecule has 176 valence electrons. The van der Waals surface area contributed by atoms with Crippen molar-refractivity contribution in [3.05, 3.63) is 103 Å². The fourth-order valence-electron chi connectivity index (χ4n) is 4.47. The van der Waals surface area contributed by atoms with Crippen LogP contribution in [0.15, 0.2) is 91.3 Å². The molecule has 1 aliphatic rings. The first-order chi connectivity index (χ1) is 17.0. The number of carbonyl (C=O) groups is 1.